The molecule has 0 bridgehead atoms. The van der Waals surface area contributed by atoms with E-state index in [9.17, 15) is 0 Å². The molecule has 0 fully saturated rings. The van der Waals surface area contributed by atoms with Crippen molar-refractivity contribution in [2.75, 3.05) is 0 Å². The average molecular weight is 763 g/mol. The summed E-state index contributed by atoms with van der Waals surface area (Å²) in [6, 6.07) is 64.9. The number of nitrogens with zero attached hydrogens (tertiary/aromatic N) is 4. The fourth-order valence-corrected chi connectivity index (χ4v) is 10.8. The van der Waals surface area contributed by atoms with Crippen LogP contribution in [0.3, 0.4) is 0 Å². The van der Waals surface area contributed by atoms with Crippen LogP contribution in [0.1, 0.15) is 0 Å². The molecule has 4 heterocycles. The van der Waals surface area contributed by atoms with Gasteiger partial charge in [0.05, 0.1) is 11.0 Å². The minimum atomic E-state index is 0.662. The molecule has 0 saturated carbocycles. The Morgan fingerprint density at radius 2 is 0.965 bits per heavy atom. The van der Waals surface area contributed by atoms with Crippen LogP contribution in [0, 0.1) is 0 Å². The van der Waals surface area contributed by atoms with Gasteiger partial charge in [-0.05, 0) is 59.7 Å². The highest BCUT2D eigenvalue weighted by molar-refractivity contribution is 7.26. The van der Waals surface area contributed by atoms with Gasteiger partial charge in [-0.3, -0.25) is 0 Å². The predicted octanol–water partition coefficient (Wildman–Crippen LogP) is 14.4. The van der Waals surface area contributed by atoms with Crippen molar-refractivity contribution in [1.29, 1.82) is 0 Å². The van der Waals surface area contributed by atoms with E-state index in [0.717, 1.165) is 22.4 Å². The fraction of sp³-hybridized carbons (Fsp3) is 0. The molecule has 12 rings (SSSR count). The van der Waals surface area contributed by atoms with Crippen molar-refractivity contribution in [2.24, 2.45) is 0 Å². The van der Waals surface area contributed by atoms with E-state index >= 15 is 0 Å². The van der Waals surface area contributed by atoms with E-state index in [1.807, 2.05) is 47.7 Å². The third kappa shape index (κ3) is 5.15. The molecule has 0 aliphatic rings. The molecule has 0 spiro atoms. The van der Waals surface area contributed by atoms with Crippen LogP contribution in [0.25, 0.3) is 113 Å². The standard InChI is InChI=1S/C51H30N4S2/c1-4-14-31(15-5-1)49-52-50(32-16-6-2-7-17-32)54-51(53-49)39-23-12-22-38-37-27-26-33(28-45(37)57-48(38)39)35-21-13-24-42-47(35)41-29-40-36-20-10-11-25-44(36)56-46(40)30-43(41)55(42)34-18-8-3-9-19-34/h1-30H. The molecule has 6 heteroatoms. The molecule has 57 heavy (non-hydrogen) atoms. The number of aromatic nitrogens is 4. The highest BCUT2D eigenvalue weighted by Crippen LogP contribution is 2.46. The summed E-state index contributed by atoms with van der Waals surface area (Å²) in [4.78, 5) is 15.1. The Morgan fingerprint density at radius 3 is 1.74 bits per heavy atom. The Balaban J connectivity index is 1.07. The number of fused-ring (bicyclic) bond motifs is 9. The smallest absolute Gasteiger partial charge is 0.165 e. The van der Waals surface area contributed by atoms with Crippen molar-refractivity contribution in [3.05, 3.63) is 182 Å². The molecule has 4 nitrogen and oxygen atoms in total. The summed E-state index contributed by atoms with van der Waals surface area (Å²) in [7, 11) is 0. The zero-order chi connectivity index (χ0) is 37.5. The lowest BCUT2D eigenvalue weighted by atomic mass is 9.97. The van der Waals surface area contributed by atoms with Gasteiger partial charge < -0.3 is 4.57 Å². The lowest BCUT2D eigenvalue weighted by molar-refractivity contribution is 1.08. The van der Waals surface area contributed by atoms with Crippen LogP contribution in [0.4, 0.5) is 0 Å². The Kier molecular flexibility index (Phi) is 7.24. The van der Waals surface area contributed by atoms with Gasteiger partial charge in [0.1, 0.15) is 0 Å². The third-order valence-electron chi connectivity index (χ3n) is 11.1. The lowest BCUT2D eigenvalue weighted by Crippen LogP contribution is -2.00. The van der Waals surface area contributed by atoms with Crippen molar-refractivity contribution in [3.63, 3.8) is 0 Å². The number of hydrogen-bond donors (Lipinski definition) is 0. The monoisotopic (exact) mass is 762 g/mol. The van der Waals surface area contributed by atoms with Gasteiger partial charge in [0.2, 0.25) is 0 Å². The molecule has 4 aromatic heterocycles. The molecule has 0 N–H and O–H groups in total. The Morgan fingerprint density at radius 1 is 0.351 bits per heavy atom. The minimum absolute atomic E-state index is 0.662. The number of para-hydroxylation sites is 1. The molecule has 0 atom stereocenters. The molecule has 12 aromatic rings. The molecule has 0 radical (unpaired) electrons. The summed E-state index contributed by atoms with van der Waals surface area (Å²) in [6.07, 6.45) is 0. The van der Waals surface area contributed by atoms with Crippen LogP contribution in [-0.2, 0) is 0 Å². The van der Waals surface area contributed by atoms with Gasteiger partial charge in [0.25, 0.3) is 0 Å². The first-order valence-corrected chi connectivity index (χ1v) is 20.7. The summed E-state index contributed by atoms with van der Waals surface area (Å²) < 4.78 is 7.45. The molecule has 0 aliphatic carbocycles. The first kappa shape index (κ1) is 32.3. The second kappa shape index (κ2) is 12.8. The summed E-state index contributed by atoms with van der Waals surface area (Å²) >= 11 is 3.68. The maximum absolute atomic E-state index is 5.09. The van der Waals surface area contributed by atoms with Gasteiger partial charge in [-0.15, -0.1) is 22.7 Å². The van der Waals surface area contributed by atoms with Crippen molar-refractivity contribution < 1.29 is 0 Å². The van der Waals surface area contributed by atoms with Crippen LogP contribution >= 0.6 is 22.7 Å². The van der Waals surface area contributed by atoms with Crippen molar-refractivity contribution in [3.8, 4) is 51.0 Å². The van der Waals surface area contributed by atoms with Gasteiger partial charge in [-0.25, -0.2) is 15.0 Å². The van der Waals surface area contributed by atoms with Crippen molar-refractivity contribution >= 4 is 84.8 Å². The maximum Gasteiger partial charge on any atom is 0.165 e. The second-order valence-corrected chi connectivity index (χ2v) is 16.5. The normalized spacial score (nSPS) is 11.9. The van der Waals surface area contributed by atoms with Gasteiger partial charge in [0.15, 0.2) is 17.5 Å². The van der Waals surface area contributed by atoms with Crippen LogP contribution in [0.15, 0.2) is 182 Å². The molecule has 0 unspecified atom stereocenters. The lowest BCUT2D eigenvalue weighted by Gasteiger charge is -2.09. The van der Waals surface area contributed by atoms with Crippen molar-refractivity contribution in [2.45, 2.75) is 0 Å². The Labute approximate surface area is 335 Å². The quantitative estimate of drug-likeness (QED) is 0.175. The van der Waals surface area contributed by atoms with E-state index in [1.165, 1.54) is 73.3 Å². The predicted molar refractivity (Wildman–Crippen MR) is 242 cm³/mol. The first-order chi connectivity index (χ1) is 28.2. The molecule has 0 amide bonds. The molecule has 0 saturated heterocycles. The SMILES string of the molecule is c1ccc(-c2nc(-c3ccccc3)nc(-c3cccc4c3sc3cc(-c5cccc6c5c5cc7c(cc5n6-c5ccccc5)sc5ccccc57)ccc34)n2)cc1. The van der Waals surface area contributed by atoms with Crippen molar-refractivity contribution in [1.82, 2.24) is 19.5 Å². The van der Waals surface area contributed by atoms with E-state index in [4.69, 9.17) is 15.0 Å². The van der Waals surface area contributed by atoms with Gasteiger partial charge >= 0.3 is 0 Å². The zero-order valence-electron chi connectivity index (χ0n) is 30.4. The second-order valence-electron chi connectivity index (χ2n) is 14.4. The number of hydrogen-bond acceptors (Lipinski definition) is 5. The summed E-state index contributed by atoms with van der Waals surface area (Å²) in [5, 5.41) is 7.57. The highest BCUT2D eigenvalue weighted by atomic mass is 32.1. The first-order valence-electron chi connectivity index (χ1n) is 19.0. The molecule has 266 valence electrons. The highest BCUT2D eigenvalue weighted by Gasteiger charge is 2.20. The van der Waals surface area contributed by atoms with Gasteiger partial charge in [-0.1, -0.05) is 133 Å². The summed E-state index contributed by atoms with van der Waals surface area (Å²) in [5.74, 6) is 2.00. The largest absolute Gasteiger partial charge is 0.309 e. The van der Waals surface area contributed by atoms with Crippen LogP contribution < -0.4 is 0 Å². The van der Waals surface area contributed by atoms with E-state index < -0.39 is 0 Å². The molecule has 0 aliphatic heterocycles. The van der Waals surface area contributed by atoms with E-state index in [1.54, 1.807) is 11.3 Å². The van der Waals surface area contributed by atoms with Gasteiger partial charge in [0, 0.05) is 73.5 Å². The number of rotatable bonds is 5. The summed E-state index contributed by atoms with van der Waals surface area (Å²) in [5.41, 5.74) is 8.93. The molecular formula is C51H30N4S2. The maximum atomic E-state index is 5.09. The van der Waals surface area contributed by atoms with Gasteiger partial charge in [-0.2, -0.15) is 0 Å². The van der Waals surface area contributed by atoms with E-state index in [2.05, 4.69) is 150 Å². The average Bonchev–Trinajstić information content (AvgIpc) is 3.95. The summed E-state index contributed by atoms with van der Waals surface area (Å²) in [6.45, 7) is 0. The Bertz CT molecular complexity index is 3450. The van der Waals surface area contributed by atoms with E-state index in [-0.39, 0.29) is 0 Å². The molecular weight excluding hydrogens is 733 g/mol. The van der Waals surface area contributed by atoms with E-state index in [0.29, 0.717) is 17.5 Å². The zero-order valence-corrected chi connectivity index (χ0v) is 32.1. The fourth-order valence-electron chi connectivity index (χ4n) is 8.45. The van der Waals surface area contributed by atoms with Crippen LogP contribution in [0.2, 0.25) is 0 Å². The third-order valence-corrected chi connectivity index (χ3v) is 13.4. The molecule has 8 aromatic carbocycles. The topological polar surface area (TPSA) is 43.6 Å². The van der Waals surface area contributed by atoms with Crippen LogP contribution in [-0.4, -0.2) is 19.5 Å². The minimum Gasteiger partial charge on any atom is -0.309 e. The van der Waals surface area contributed by atoms with Crippen LogP contribution in [0.5, 0.6) is 0 Å². The Hall–Kier alpha value is -6.99. The number of benzene rings is 8. The number of thiophene rings is 2.